The number of hydrogen-bond acceptors (Lipinski definition) is 2. The molecular formula is C18H33N3. The maximum atomic E-state index is 4.92. The third-order valence-electron chi connectivity index (χ3n) is 5.16. The Kier molecular flexibility index (Phi) is 6.28. The second-order valence-electron chi connectivity index (χ2n) is 6.61. The molecule has 21 heavy (non-hydrogen) atoms. The van der Waals surface area contributed by atoms with Gasteiger partial charge in [-0.1, -0.05) is 33.1 Å². The molecule has 3 nitrogen and oxygen atoms in total. The number of aryl methyl sites for hydroxylation is 1. The van der Waals surface area contributed by atoms with Gasteiger partial charge >= 0.3 is 0 Å². The van der Waals surface area contributed by atoms with Gasteiger partial charge in [0, 0.05) is 5.69 Å². The molecule has 1 aromatic rings. The Hall–Kier alpha value is -0.830. The quantitative estimate of drug-likeness (QED) is 0.764. The van der Waals surface area contributed by atoms with Crippen molar-refractivity contribution in [1.82, 2.24) is 15.1 Å². The number of nitrogens with one attached hydrogen (secondary N) is 1. The SMILES string of the molecule is CCCNCCc1c(C)nn(C2CCCCC2CC)c1C. The Bertz CT molecular complexity index is 436. The van der Waals surface area contributed by atoms with Gasteiger partial charge in [-0.25, -0.2) is 0 Å². The number of nitrogens with zero attached hydrogens (tertiary/aromatic N) is 2. The van der Waals surface area contributed by atoms with Crippen molar-refractivity contribution in [2.24, 2.45) is 5.92 Å². The van der Waals surface area contributed by atoms with Crippen LogP contribution in [0.1, 0.15) is 75.4 Å². The van der Waals surface area contributed by atoms with Gasteiger partial charge in [-0.15, -0.1) is 0 Å². The van der Waals surface area contributed by atoms with Gasteiger partial charge in [-0.3, -0.25) is 4.68 Å². The predicted molar refractivity (Wildman–Crippen MR) is 89.9 cm³/mol. The molecule has 0 aliphatic heterocycles. The minimum absolute atomic E-state index is 0.639. The highest BCUT2D eigenvalue weighted by Crippen LogP contribution is 2.37. The van der Waals surface area contributed by atoms with E-state index in [9.17, 15) is 0 Å². The standard InChI is InChI=1S/C18H33N3/c1-5-12-19-13-11-17-14(3)20-21(15(17)4)18-10-8-7-9-16(18)6-2/h16,18-19H,5-13H2,1-4H3. The van der Waals surface area contributed by atoms with Gasteiger partial charge in [-0.05, 0) is 64.1 Å². The molecule has 1 aromatic heterocycles. The number of hydrogen-bond donors (Lipinski definition) is 1. The zero-order valence-corrected chi connectivity index (χ0v) is 14.4. The Balaban J connectivity index is 2.10. The van der Waals surface area contributed by atoms with Crippen LogP contribution >= 0.6 is 0 Å². The molecule has 2 atom stereocenters. The van der Waals surface area contributed by atoms with E-state index in [4.69, 9.17) is 5.10 Å². The molecule has 2 unspecified atom stereocenters. The van der Waals surface area contributed by atoms with Crippen LogP contribution in [0.15, 0.2) is 0 Å². The van der Waals surface area contributed by atoms with Crippen molar-refractivity contribution >= 4 is 0 Å². The van der Waals surface area contributed by atoms with Crippen LogP contribution in [-0.4, -0.2) is 22.9 Å². The fourth-order valence-corrected chi connectivity index (χ4v) is 3.88. The Morgan fingerprint density at radius 3 is 2.62 bits per heavy atom. The minimum atomic E-state index is 0.639. The fourth-order valence-electron chi connectivity index (χ4n) is 3.88. The first-order valence-electron chi connectivity index (χ1n) is 8.94. The summed E-state index contributed by atoms with van der Waals surface area (Å²) in [5.41, 5.74) is 4.13. The van der Waals surface area contributed by atoms with Crippen molar-refractivity contribution in [3.8, 4) is 0 Å². The van der Waals surface area contributed by atoms with Crippen LogP contribution in [0.5, 0.6) is 0 Å². The molecule has 1 heterocycles. The molecule has 1 saturated carbocycles. The lowest BCUT2D eigenvalue weighted by Gasteiger charge is -2.32. The van der Waals surface area contributed by atoms with E-state index in [-0.39, 0.29) is 0 Å². The summed E-state index contributed by atoms with van der Waals surface area (Å²) in [7, 11) is 0. The van der Waals surface area contributed by atoms with E-state index < -0.39 is 0 Å². The lowest BCUT2D eigenvalue weighted by atomic mass is 9.83. The van der Waals surface area contributed by atoms with E-state index >= 15 is 0 Å². The largest absolute Gasteiger partial charge is 0.316 e. The van der Waals surface area contributed by atoms with Crippen LogP contribution in [0, 0.1) is 19.8 Å². The highest BCUT2D eigenvalue weighted by atomic mass is 15.3. The molecule has 2 rings (SSSR count). The smallest absolute Gasteiger partial charge is 0.0629 e. The van der Waals surface area contributed by atoms with Gasteiger partial charge < -0.3 is 5.32 Å². The van der Waals surface area contributed by atoms with E-state index in [1.165, 1.54) is 55.5 Å². The summed E-state index contributed by atoms with van der Waals surface area (Å²) in [6, 6.07) is 0.639. The van der Waals surface area contributed by atoms with Crippen molar-refractivity contribution in [2.45, 2.75) is 78.7 Å². The number of aromatic nitrogens is 2. The zero-order valence-electron chi connectivity index (χ0n) is 14.4. The summed E-state index contributed by atoms with van der Waals surface area (Å²) in [5.74, 6) is 0.822. The second kappa shape index (κ2) is 7.98. The summed E-state index contributed by atoms with van der Waals surface area (Å²) in [6.45, 7) is 11.2. The maximum Gasteiger partial charge on any atom is 0.0629 e. The van der Waals surface area contributed by atoms with E-state index in [1.807, 2.05) is 0 Å². The van der Waals surface area contributed by atoms with Crippen molar-refractivity contribution in [3.05, 3.63) is 17.0 Å². The number of rotatable bonds is 7. The topological polar surface area (TPSA) is 29.9 Å². The maximum absolute atomic E-state index is 4.92. The van der Waals surface area contributed by atoms with Crippen LogP contribution in [0.4, 0.5) is 0 Å². The summed E-state index contributed by atoms with van der Waals surface area (Å²) in [6.07, 6.45) is 9.07. The third kappa shape index (κ3) is 3.88. The summed E-state index contributed by atoms with van der Waals surface area (Å²) in [5, 5.41) is 8.43. The van der Waals surface area contributed by atoms with Crippen LogP contribution in [0.2, 0.25) is 0 Å². The predicted octanol–water partition coefficient (Wildman–Crippen LogP) is 4.18. The summed E-state index contributed by atoms with van der Waals surface area (Å²) in [4.78, 5) is 0. The van der Waals surface area contributed by atoms with Gasteiger partial charge in [0.15, 0.2) is 0 Å². The first-order chi connectivity index (χ1) is 10.2. The van der Waals surface area contributed by atoms with Gasteiger partial charge in [0.1, 0.15) is 0 Å². The van der Waals surface area contributed by atoms with Gasteiger partial charge in [0.2, 0.25) is 0 Å². The van der Waals surface area contributed by atoms with E-state index in [0.29, 0.717) is 6.04 Å². The van der Waals surface area contributed by atoms with Crippen molar-refractivity contribution < 1.29 is 0 Å². The fraction of sp³-hybridized carbons (Fsp3) is 0.833. The van der Waals surface area contributed by atoms with Crippen molar-refractivity contribution in [2.75, 3.05) is 13.1 Å². The van der Waals surface area contributed by atoms with Crippen LogP contribution in [0.25, 0.3) is 0 Å². The van der Waals surface area contributed by atoms with Gasteiger partial charge in [0.25, 0.3) is 0 Å². The lowest BCUT2D eigenvalue weighted by molar-refractivity contribution is 0.214. The molecule has 3 heteroatoms. The van der Waals surface area contributed by atoms with Crippen LogP contribution < -0.4 is 5.32 Å². The van der Waals surface area contributed by atoms with Crippen molar-refractivity contribution in [3.63, 3.8) is 0 Å². The lowest BCUT2D eigenvalue weighted by Crippen LogP contribution is -2.25. The Morgan fingerprint density at radius 2 is 1.90 bits per heavy atom. The van der Waals surface area contributed by atoms with E-state index in [0.717, 1.165) is 25.4 Å². The van der Waals surface area contributed by atoms with Crippen LogP contribution in [0.3, 0.4) is 0 Å². The molecule has 1 aliphatic carbocycles. The molecule has 0 aromatic carbocycles. The second-order valence-corrected chi connectivity index (χ2v) is 6.61. The molecule has 0 radical (unpaired) electrons. The van der Waals surface area contributed by atoms with Gasteiger partial charge in [0.05, 0.1) is 11.7 Å². The molecule has 0 spiro atoms. The summed E-state index contributed by atoms with van der Waals surface area (Å²) >= 11 is 0. The molecule has 0 saturated heterocycles. The van der Waals surface area contributed by atoms with Gasteiger partial charge in [-0.2, -0.15) is 5.10 Å². The highest BCUT2D eigenvalue weighted by molar-refractivity contribution is 5.25. The monoisotopic (exact) mass is 291 g/mol. The van der Waals surface area contributed by atoms with E-state index in [1.54, 1.807) is 0 Å². The molecule has 1 N–H and O–H groups in total. The third-order valence-corrected chi connectivity index (χ3v) is 5.16. The molecule has 0 bridgehead atoms. The molecule has 120 valence electrons. The Morgan fingerprint density at radius 1 is 1.14 bits per heavy atom. The normalized spacial score (nSPS) is 22.7. The zero-order chi connectivity index (χ0) is 15.2. The molecule has 0 amide bonds. The first-order valence-corrected chi connectivity index (χ1v) is 8.94. The average molecular weight is 291 g/mol. The Labute approximate surface area is 130 Å². The van der Waals surface area contributed by atoms with E-state index in [2.05, 4.69) is 37.7 Å². The highest BCUT2D eigenvalue weighted by Gasteiger charge is 2.28. The van der Waals surface area contributed by atoms with Crippen LogP contribution in [-0.2, 0) is 6.42 Å². The summed E-state index contributed by atoms with van der Waals surface area (Å²) < 4.78 is 2.37. The first kappa shape index (κ1) is 16.5. The molecular weight excluding hydrogens is 258 g/mol. The minimum Gasteiger partial charge on any atom is -0.316 e. The average Bonchev–Trinajstić information content (AvgIpc) is 2.79. The molecule has 1 aliphatic rings. The molecule has 1 fully saturated rings. The van der Waals surface area contributed by atoms with Crippen molar-refractivity contribution in [1.29, 1.82) is 0 Å².